The van der Waals surface area contributed by atoms with Gasteiger partial charge in [0.1, 0.15) is 0 Å². The molecule has 3 aliphatic rings. The van der Waals surface area contributed by atoms with E-state index in [0.717, 1.165) is 13.1 Å². The zero-order valence-corrected chi connectivity index (χ0v) is 18.5. The topological polar surface area (TPSA) is 3.24 Å². The molecule has 1 atom stereocenters. The summed E-state index contributed by atoms with van der Waals surface area (Å²) in [6, 6.07) is 20.1. The molecule has 2 aliphatic carbocycles. The Hall–Kier alpha value is -0.877. The van der Waals surface area contributed by atoms with Gasteiger partial charge in [-0.1, -0.05) is 36.0 Å². The SMILES string of the molecule is [CH2-]C1CN(Cc2ccccc2)c2ccc[c-]c21.[CH]1[CH][CH][CH][CH]1.[CH]1[CH][CH][CH][CH]1.[Zr+2]. The number of anilines is 1. The van der Waals surface area contributed by atoms with Crippen molar-refractivity contribution in [3.05, 3.63) is 137 Å². The molecule has 0 saturated heterocycles. The molecule has 1 aliphatic heterocycles. The molecule has 0 aromatic heterocycles. The zero-order valence-electron chi connectivity index (χ0n) is 16.0. The number of rotatable bonds is 2. The monoisotopic (exact) mass is 441 g/mol. The van der Waals surface area contributed by atoms with Crippen molar-refractivity contribution < 1.29 is 26.2 Å². The van der Waals surface area contributed by atoms with Gasteiger partial charge in [0.25, 0.3) is 0 Å². The van der Waals surface area contributed by atoms with E-state index in [-0.39, 0.29) is 26.2 Å². The fraction of sp³-hybridized carbons (Fsp3) is 0.115. The Labute approximate surface area is 192 Å². The van der Waals surface area contributed by atoms with E-state index in [2.05, 4.69) is 60.4 Å². The maximum atomic E-state index is 4.20. The molecule has 0 spiro atoms. The Morgan fingerprint density at radius 2 is 1.32 bits per heavy atom. The number of hydrogen-bond donors (Lipinski definition) is 0. The minimum Gasteiger partial charge on any atom is -0.422 e. The summed E-state index contributed by atoms with van der Waals surface area (Å²) in [5.41, 5.74) is 3.89. The van der Waals surface area contributed by atoms with Crippen molar-refractivity contribution in [2.24, 2.45) is 0 Å². The van der Waals surface area contributed by atoms with Crippen LogP contribution in [0, 0.1) is 77.2 Å². The fourth-order valence-electron chi connectivity index (χ4n) is 3.09. The van der Waals surface area contributed by atoms with Crippen LogP contribution in [0.1, 0.15) is 17.0 Å². The van der Waals surface area contributed by atoms with Crippen LogP contribution >= 0.6 is 0 Å². The maximum absolute atomic E-state index is 4.20. The van der Waals surface area contributed by atoms with Crippen molar-refractivity contribution in [1.82, 2.24) is 0 Å². The molecule has 2 heteroatoms. The molecule has 0 amide bonds. The number of benzene rings is 2. The summed E-state index contributed by atoms with van der Waals surface area (Å²) in [4.78, 5) is 2.39. The van der Waals surface area contributed by atoms with E-state index in [4.69, 9.17) is 0 Å². The quantitative estimate of drug-likeness (QED) is 0.558. The second-order valence-corrected chi connectivity index (χ2v) is 6.46. The van der Waals surface area contributed by atoms with Crippen LogP contribution in [0.4, 0.5) is 5.69 Å². The average Bonchev–Trinajstić information content (AvgIpc) is 3.50. The standard InChI is InChI=1S/C16H15N.2C5H5.Zr/c1-13-11-17(12-14-7-3-2-4-8-14)16-10-6-5-9-15(13)16;2*1-2-4-5-3-1;/h2-8,10,13H,1,11-12H2;2*1-5H;/q-2;;;+2. The van der Waals surface area contributed by atoms with Crippen LogP contribution in [0.25, 0.3) is 0 Å². The predicted molar refractivity (Wildman–Crippen MR) is 114 cm³/mol. The van der Waals surface area contributed by atoms with Crippen molar-refractivity contribution in [2.75, 3.05) is 11.4 Å². The Morgan fingerprint density at radius 1 is 0.786 bits per heavy atom. The Bertz CT molecular complexity index is 621. The zero-order chi connectivity index (χ0) is 18.7. The van der Waals surface area contributed by atoms with Gasteiger partial charge in [-0.3, -0.25) is 0 Å². The summed E-state index contributed by atoms with van der Waals surface area (Å²) in [5, 5.41) is 0. The van der Waals surface area contributed by atoms with E-state index in [9.17, 15) is 0 Å². The first-order chi connectivity index (χ1) is 13.3. The summed E-state index contributed by atoms with van der Waals surface area (Å²) in [7, 11) is 0. The van der Waals surface area contributed by atoms with Gasteiger partial charge in [0, 0.05) is 6.54 Å². The molecule has 0 bridgehead atoms. The molecule has 28 heavy (non-hydrogen) atoms. The second-order valence-electron chi connectivity index (χ2n) is 6.46. The van der Waals surface area contributed by atoms with Crippen molar-refractivity contribution >= 4 is 5.69 Å². The summed E-state index contributed by atoms with van der Waals surface area (Å²) >= 11 is 0. The Morgan fingerprint density at radius 3 is 1.86 bits per heavy atom. The summed E-state index contributed by atoms with van der Waals surface area (Å²) < 4.78 is 0. The first kappa shape index (κ1) is 23.4. The van der Waals surface area contributed by atoms with Gasteiger partial charge >= 0.3 is 26.2 Å². The van der Waals surface area contributed by atoms with Crippen molar-refractivity contribution in [3.63, 3.8) is 0 Å². The van der Waals surface area contributed by atoms with Crippen LogP contribution < -0.4 is 4.90 Å². The largest absolute Gasteiger partial charge is 2.00 e. The Kier molecular flexibility index (Phi) is 11.2. The van der Waals surface area contributed by atoms with E-state index in [1.165, 1.54) is 16.8 Å². The third kappa shape index (κ3) is 7.51. The molecule has 0 N–H and O–H groups in total. The first-order valence-corrected chi connectivity index (χ1v) is 9.30. The van der Waals surface area contributed by atoms with Gasteiger partial charge < -0.3 is 11.8 Å². The smallest absolute Gasteiger partial charge is 0.422 e. The summed E-state index contributed by atoms with van der Waals surface area (Å²) in [6.07, 6.45) is 20.0. The maximum Gasteiger partial charge on any atom is 2.00 e. The van der Waals surface area contributed by atoms with Crippen LogP contribution in [-0.4, -0.2) is 6.54 Å². The van der Waals surface area contributed by atoms with E-state index in [1.807, 2.05) is 70.3 Å². The van der Waals surface area contributed by atoms with Gasteiger partial charge in [0.15, 0.2) is 0 Å². The van der Waals surface area contributed by atoms with Crippen molar-refractivity contribution in [1.29, 1.82) is 0 Å². The number of fused-ring (bicyclic) bond motifs is 1. The molecular formula is C26H25NZr. The molecule has 2 aromatic carbocycles. The van der Waals surface area contributed by atoms with Gasteiger partial charge in [-0.25, -0.2) is 0 Å². The van der Waals surface area contributed by atoms with Crippen LogP contribution in [0.3, 0.4) is 0 Å². The van der Waals surface area contributed by atoms with E-state index in [1.54, 1.807) is 0 Å². The van der Waals surface area contributed by atoms with Gasteiger partial charge in [-0.05, 0) is 76.3 Å². The van der Waals surface area contributed by atoms with Gasteiger partial charge in [0.2, 0.25) is 0 Å². The molecule has 1 heterocycles. The van der Waals surface area contributed by atoms with Crippen LogP contribution in [-0.2, 0) is 32.7 Å². The van der Waals surface area contributed by atoms with Crippen LogP contribution in [0.5, 0.6) is 0 Å². The molecule has 1 nitrogen and oxygen atoms in total. The number of hydrogen-bond acceptors (Lipinski definition) is 1. The minimum absolute atomic E-state index is 0. The van der Waals surface area contributed by atoms with Gasteiger partial charge in [-0.15, -0.1) is 12.0 Å². The predicted octanol–water partition coefficient (Wildman–Crippen LogP) is 5.47. The van der Waals surface area contributed by atoms with E-state index < -0.39 is 0 Å². The molecule has 2 saturated carbocycles. The minimum atomic E-state index is 0. The van der Waals surface area contributed by atoms with Gasteiger partial charge in [0.05, 0.1) is 0 Å². The molecule has 2 aromatic rings. The molecule has 1 unspecified atom stereocenters. The van der Waals surface area contributed by atoms with Gasteiger partial charge in [-0.2, -0.15) is 23.8 Å². The summed E-state index contributed by atoms with van der Waals surface area (Å²) in [6.45, 7) is 6.14. The third-order valence-electron chi connectivity index (χ3n) is 4.38. The average molecular weight is 443 g/mol. The second kappa shape index (κ2) is 13.4. The molecule has 5 rings (SSSR count). The van der Waals surface area contributed by atoms with E-state index >= 15 is 0 Å². The fourth-order valence-corrected chi connectivity index (χ4v) is 3.09. The third-order valence-corrected chi connectivity index (χ3v) is 4.38. The van der Waals surface area contributed by atoms with Crippen LogP contribution in [0.15, 0.2) is 48.5 Å². The van der Waals surface area contributed by atoms with Crippen LogP contribution in [0.2, 0.25) is 0 Å². The van der Waals surface area contributed by atoms with Crippen molar-refractivity contribution in [2.45, 2.75) is 12.5 Å². The van der Waals surface area contributed by atoms with E-state index in [0.29, 0.717) is 5.92 Å². The number of nitrogens with zero attached hydrogens (tertiary/aromatic N) is 1. The summed E-state index contributed by atoms with van der Waals surface area (Å²) in [5.74, 6) is 0.343. The first-order valence-electron chi connectivity index (χ1n) is 9.30. The molecule has 138 valence electrons. The van der Waals surface area contributed by atoms with Crippen molar-refractivity contribution in [3.8, 4) is 0 Å². The Balaban J connectivity index is 0.000000209. The molecule has 2 fully saturated rings. The molecular weight excluding hydrogens is 418 g/mol. The normalized spacial score (nSPS) is 19.6. The molecule has 10 radical (unpaired) electrons.